The van der Waals surface area contributed by atoms with E-state index in [-0.39, 0.29) is 12.5 Å². The first kappa shape index (κ1) is 16.7. The lowest BCUT2D eigenvalue weighted by molar-refractivity contribution is -0.119. The summed E-state index contributed by atoms with van der Waals surface area (Å²) in [5, 5.41) is 5.95. The number of benzene rings is 2. The summed E-state index contributed by atoms with van der Waals surface area (Å²) < 4.78 is 10.5. The molecule has 0 aliphatic rings. The number of amides is 1. The molecule has 0 aliphatic heterocycles. The Bertz CT molecular complexity index is 626. The normalized spacial score (nSPS) is 10.0. The number of hydrogen-bond donors (Lipinski definition) is 2. The summed E-state index contributed by atoms with van der Waals surface area (Å²) in [7, 11) is 1.62. The molecule has 0 unspecified atom stereocenters. The van der Waals surface area contributed by atoms with Crippen LogP contribution in [0.4, 0.5) is 5.69 Å². The third kappa shape index (κ3) is 5.54. The van der Waals surface area contributed by atoms with E-state index in [0.29, 0.717) is 13.2 Å². The molecule has 0 bridgehead atoms. The standard InChI is InChI=1S/C18H22N2O3/c1-3-23-16-9-7-15(8-10-16)19-13-18(21)20-12-14-5-4-6-17(11-14)22-2/h4-11,19H,3,12-13H2,1-2H3,(H,20,21). The first-order valence-electron chi connectivity index (χ1n) is 7.57. The zero-order valence-corrected chi connectivity index (χ0v) is 13.5. The van der Waals surface area contributed by atoms with Gasteiger partial charge in [0.05, 0.1) is 20.3 Å². The average Bonchev–Trinajstić information content (AvgIpc) is 2.60. The Morgan fingerprint density at radius 2 is 1.87 bits per heavy atom. The number of rotatable bonds is 8. The molecule has 0 aliphatic carbocycles. The molecule has 0 saturated carbocycles. The maximum absolute atomic E-state index is 11.9. The van der Waals surface area contributed by atoms with E-state index in [9.17, 15) is 4.79 Å². The third-order valence-corrected chi connectivity index (χ3v) is 3.24. The molecule has 0 heterocycles. The Hall–Kier alpha value is -2.69. The van der Waals surface area contributed by atoms with Crippen LogP contribution in [0.15, 0.2) is 48.5 Å². The fraction of sp³-hybridized carbons (Fsp3) is 0.278. The zero-order chi connectivity index (χ0) is 16.5. The van der Waals surface area contributed by atoms with Gasteiger partial charge in [-0.2, -0.15) is 0 Å². The zero-order valence-electron chi connectivity index (χ0n) is 13.5. The smallest absolute Gasteiger partial charge is 0.239 e. The van der Waals surface area contributed by atoms with Gasteiger partial charge in [0.25, 0.3) is 0 Å². The molecule has 0 aromatic heterocycles. The lowest BCUT2D eigenvalue weighted by Gasteiger charge is -2.09. The van der Waals surface area contributed by atoms with Crippen LogP contribution < -0.4 is 20.1 Å². The molecule has 5 nitrogen and oxygen atoms in total. The van der Waals surface area contributed by atoms with E-state index < -0.39 is 0 Å². The molecular formula is C18H22N2O3. The quantitative estimate of drug-likeness (QED) is 0.786. The molecule has 0 spiro atoms. The van der Waals surface area contributed by atoms with Crippen LogP contribution in [0.5, 0.6) is 11.5 Å². The molecule has 2 N–H and O–H groups in total. The molecule has 23 heavy (non-hydrogen) atoms. The summed E-state index contributed by atoms with van der Waals surface area (Å²) in [5.41, 5.74) is 1.88. The molecule has 2 rings (SSSR count). The monoisotopic (exact) mass is 314 g/mol. The van der Waals surface area contributed by atoms with Crippen molar-refractivity contribution < 1.29 is 14.3 Å². The summed E-state index contributed by atoms with van der Waals surface area (Å²) in [6.07, 6.45) is 0. The molecule has 122 valence electrons. The van der Waals surface area contributed by atoms with Crippen molar-refractivity contribution in [2.45, 2.75) is 13.5 Å². The summed E-state index contributed by atoms with van der Waals surface area (Å²) >= 11 is 0. The van der Waals surface area contributed by atoms with Crippen molar-refractivity contribution in [3.63, 3.8) is 0 Å². The molecule has 0 atom stereocenters. The van der Waals surface area contributed by atoms with Gasteiger partial charge in [0.15, 0.2) is 0 Å². The molecule has 5 heteroatoms. The van der Waals surface area contributed by atoms with Crippen LogP contribution in [0, 0.1) is 0 Å². The van der Waals surface area contributed by atoms with E-state index in [1.54, 1.807) is 7.11 Å². The summed E-state index contributed by atoms with van der Waals surface area (Å²) in [5.74, 6) is 1.53. The number of carbonyl (C=O) groups excluding carboxylic acids is 1. The maximum atomic E-state index is 11.9. The van der Waals surface area contributed by atoms with Gasteiger partial charge in [-0.25, -0.2) is 0 Å². The van der Waals surface area contributed by atoms with E-state index in [0.717, 1.165) is 22.7 Å². The van der Waals surface area contributed by atoms with Crippen LogP contribution in [-0.2, 0) is 11.3 Å². The number of methoxy groups -OCH3 is 1. The fourth-order valence-electron chi connectivity index (χ4n) is 2.06. The highest BCUT2D eigenvalue weighted by molar-refractivity contribution is 5.80. The minimum atomic E-state index is -0.0679. The van der Waals surface area contributed by atoms with Crippen molar-refractivity contribution in [3.05, 3.63) is 54.1 Å². The topological polar surface area (TPSA) is 59.6 Å². The Kier molecular flexibility index (Phi) is 6.29. The molecule has 0 fully saturated rings. The largest absolute Gasteiger partial charge is 0.497 e. The van der Waals surface area contributed by atoms with Gasteiger partial charge in [-0.15, -0.1) is 0 Å². The van der Waals surface area contributed by atoms with Crippen LogP contribution in [0.25, 0.3) is 0 Å². The number of carbonyl (C=O) groups is 1. The van der Waals surface area contributed by atoms with E-state index in [1.807, 2.05) is 55.5 Å². The summed E-state index contributed by atoms with van der Waals surface area (Å²) in [6.45, 7) is 3.28. The van der Waals surface area contributed by atoms with Crippen LogP contribution >= 0.6 is 0 Å². The predicted molar refractivity (Wildman–Crippen MR) is 90.9 cm³/mol. The van der Waals surface area contributed by atoms with Crippen LogP contribution in [0.3, 0.4) is 0 Å². The van der Waals surface area contributed by atoms with E-state index in [4.69, 9.17) is 9.47 Å². The highest BCUT2D eigenvalue weighted by Crippen LogP contribution is 2.15. The third-order valence-electron chi connectivity index (χ3n) is 3.24. The maximum Gasteiger partial charge on any atom is 0.239 e. The van der Waals surface area contributed by atoms with Gasteiger partial charge in [-0.05, 0) is 48.9 Å². The minimum Gasteiger partial charge on any atom is -0.497 e. The van der Waals surface area contributed by atoms with Gasteiger partial charge in [-0.3, -0.25) is 4.79 Å². The first-order valence-corrected chi connectivity index (χ1v) is 7.57. The Morgan fingerprint density at radius 1 is 1.09 bits per heavy atom. The second-order valence-corrected chi connectivity index (χ2v) is 4.94. The van der Waals surface area contributed by atoms with E-state index in [2.05, 4.69) is 10.6 Å². The van der Waals surface area contributed by atoms with Crippen molar-refractivity contribution in [1.29, 1.82) is 0 Å². The van der Waals surface area contributed by atoms with Gasteiger partial charge in [0.1, 0.15) is 11.5 Å². The highest BCUT2D eigenvalue weighted by Gasteiger charge is 2.02. The van der Waals surface area contributed by atoms with Crippen molar-refractivity contribution in [2.75, 3.05) is 25.6 Å². The lowest BCUT2D eigenvalue weighted by Crippen LogP contribution is -2.29. The van der Waals surface area contributed by atoms with Crippen LogP contribution in [-0.4, -0.2) is 26.2 Å². The van der Waals surface area contributed by atoms with Crippen molar-refractivity contribution in [2.24, 2.45) is 0 Å². The summed E-state index contributed by atoms with van der Waals surface area (Å²) in [6, 6.07) is 15.2. The average molecular weight is 314 g/mol. The predicted octanol–water partition coefficient (Wildman–Crippen LogP) is 2.82. The minimum absolute atomic E-state index is 0.0679. The number of anilines is 1. The second-order valence-electron chi connectivity index (χ2n) is 4.94. The number of ether oxygens (including phenoxy) is 2. The number of hydrogen-bond acceptors (Lipinski definition) is 4. The van der Waals surface area contributed by atoms with Gasteiger partial charge in [0.2, 0.25) is 5.91 Å². The molecule has 2 aromatic rings. The first-order chi connectivity index (χ1) is 11.2. The van der Waals surface area contributed by atoms with Crippen molar-refractivity contribution in [1.82, 2.24) is 5.32 Å². The second kappa shape index (κ2) is 8.68. The Morgan fingerprint density at radius 3 is 2.57 bits per heavy atom. The molecule has 2 aromatic carbocycles. The summed E-state index contributed by atoms with van der Waals surface area (Å²) in [4.78, 5) is 11.9. The molecule has 0 saturated heterocycles. The van der Waals surface area contributed by atoms with Gasteiger partial charge in [0, 0.05) is 12.2 Å². The van der Waals surface area contributed by atoms with Crippen LogP contribution in [0.1, 0.15) is 12.5 Å². The molecule has 0 radical (unpaired) electrons. The Balaban J connectivity index is 1.76. The van der Waals surface area contributed by atoms with Gasteiger partial charge >= 0.3 is 0 Å². The van der Waals surface area contributed by atoms with Crippen molar-refractivity contribution in [3.8, 4) is 11.5 Å². The highest BCUT2D eigenvalue weighted by atomic mass is 16.5. The van der Waals surface area contributed by atoms with Gasteiger partial charge in [-0.1, -0.05) is 12.1 Å². The molecular weight excluding hydrogens is 292 g/mol. The lowest BCUT2D eigenvalue weighted by atomic mass is 10.2. The number of nitrogens with one attached hydrogen (secondary N) is 2. The van der Waals surface area contributed by atoms with Crippen molar-refractivity contribution >= 4 is 11.6 Å². The van der Waals surface area contributed by atoms with E-state index in [1.165, 1.54) is 0 Å². The SMILES string of the molecule is CCOc1ccc(NCC(=O)NCc2cccc(OC)c2)cc1. The fourth-order valence-corrected chi connectivity index (χ4v) is 2.06. The van der Waals surface area contributed by atoms with E-state index >= 15 is 0 Å². The molecule has 1 amide bonds. The van der Waals surface area contributed by atoms with Crippen LogP contribution in [0.2, 0.25) is 0 Å². The Labute approximate surface area is 136 Å². The van der Waals surface area contributed by atoms with Gasteiger partial charge < -0.3 is 20.1 Å².